The maximum absolute atomic E-state index is 5.18. The smallest absolute Gasteiger partial charge is 0.191 e. The van der Waals surface area contributed by atoms with Gasteiger partial charge in [-0.25, -0.2) is 9.98 Å². The van der Waals surface area contributed by atoms with Crippen LogP contribution in [0, 0.1) is 6.92 Å². The minimum atomic E-state index is 0.503. The van der Waals surface area contributed by atoms with Crippen LogP contribution < -0.4 is 15.4 Å². The number of rotatable bonds is 7. The van der Waals surface area contributed by atoms with Gasteiger partial charge in [-0.2, -0.15) is 5.10 Å². The van der Waals surface area contributed by atoms with Gasteiger partial charge in [0.1, 0.15) is 11.6 Å². The third-order valence-electron chi connectivity index (χ3n) is 4.19. The van der Waals surface area contributed by atoms with Crippen LogP contribution in [-0.4, -0.2) is 34.8 Å². The summed E-state index contributed by atoms with van der Waals surface area (Å²) in [6.07, 6.45) is 0. The molecule has 3 N–H and O–H groups in total. The lowest BCUT2D eigenvalue weighted by molar-refractivity contribution is 0.415. The minimum Gasteiger partial charge on any atom is -0.497 e. The standard InChI is InChI=1S/C21H26N6O/c1-4-22-21(23-13-16-7-5-15(2)6-8-16)24-14-19-25-20(27-26-19)17-9-11-18(28-3)12-10-17/h5-12H,4,13-14H2,1-3H3,(H2,22,23,24)(H,25,26,27). The Hall–Kier alpha value is -3.35. The number of ether oxygens (including phenoxy) is 1. The van der Waals surface area contributed by atoms with Crippen LogP contribution in [0.2, 0.25) is 0 Å². The molecule has 0 saturated heterocycles. The van der Waals surface area contributed by atoms with Crippen LogP contribution in [0.15, 0.2) is 53.5 Å². The second-order valence-electron chi connectivity index (χ2n) is 6.37. The first-order valence-corrected chi connectivity index (χ1v) is 9.31. The van der Waals surface area contributed by atoms with Crippen molar-refractivity contribution in [3.05, 3.63) is 65.5 Å². The van der Waals surface area contributed by atoms with E-state index in [-0.39, 0.29) is 0 Å². The average Bonchev–Trinajstić information content (AvgIpc) is 3.20. The molecule has 0 aliphatic rings. The summed E-state index contributed by atoms with van der Waals surface area (Å²) < 4.78 is 5.18. The van der Waals surface area contributed by atoms with Gasteiger partial charge in [-0.05, 0) is 43.7 Å². The third kappa shape index (κ3) is 5.33. The number of H-pyrrole nitrogens is 1. The van der Waals surface area contributed by atoms with Gasteiger partial charge >= 0.3 is 0 Å². The van der Waals surface area contributed by atoms with E-state index in [1.165, 1.54) is 11.1 Å². The molecule has 0 amide bonds. The van der Waals surface area contributed by atoms with Gasteiger partial charge in [0.2, 0.25) is 0 Å². The summed E-state index contributed by atoms with van der Waals surface area (Å²) in [7, 11) is 1.65. The van der Waals surface area contributed by atoms with Crippen molar-refractivity contribution in [1.29, 1.82) is 0 Å². The molecule has 0 aliphatic heterocycles. The number of nitrogens with zero attached hydrogens (tertiary/aromatic N) is 3. The molecule has 0 spiro atoms. The van der Waals surface area contributed by atoms with Crippen molar-refractivity contribution in [3.63, 3.8) is 0 Å². The topological polar surface area (TPSA) is 87.2 Å². The number of methoxy groups -OCH3 is 1. The van der Waals surface area contributed by atoms with Gasteiger partial charge in [0.25, 0.3) is 0 Å². The summed E-state index contributed by atoms with van der Waals surface area (Å²) in [5.74, 6) is 2.94. The maximum atomic E-state index is 5.18. The summed E-state index contributed by atoms with van der Waals surface area (Å²) in [4.78, 5) is 9.17. The Morgan fingerprint density at radius 1 is 1.07 bits per heavy atom. The molecule has 0 fully saturated rings. The molecule has 0 atom stereocenters. The molecule has 0 saturated carbocycles. The number of aromatic nitrogens is 3. The first kappa shape index (κ1) is 19.4. The predicted octanol–water partition coefficient (Wildman–Crippen LogP) is 3.04. The number of aromatic amines is 1. The fourth-order valence-corrected chi connectivity index (χ4v) is 2.62. The molecule has 3 rings (SSSR count). The number of nitrogens with one attached hydrogen (secondary N) is 3. The fraction of sp³-hybridized carbons (Fsp3) is 0.286. The highest BCUT2D eigenvalue weighted by molar-refractivity contribution is 5.79. The van der Waals surface area contributed by atoms with Crippen LogP contribution in [0.3, 0.4) is 0 Å². The molecule has 0 aliphatic carbocycles. The molecular formula is C21H26N6O. The van der Waals surface area contributed by atoms with Gasteiger partial charge in [-0.15, -0.1) is 0 Å². The zero-order valence-corrected chi connectivity index (χ0v) is 16.5. The number of guanidine groups is 1. The number of benzene rings is 2. The van der Waals surface area contributed by atoms with Crippen molar-refractivity contribution < 1.29 is 4.74 Å². The number of aliphatic imine (C=N–C) groups is 1. The Morgan fingerprint density at radius 3 is 2.50 bits per heavy atom. The predicted molar refractivity (Wildman–Crippen MR) is 111 cm³/mol. The average molecular weight is 378 g/mol. The van der Waals surface area contributed by atoms with E-state index < -0.39 is 0 Å². The Morgan fingerprint density at radius 2 is 1.82 bits per heavy atom. The lowest BCUT2D eigenvalue weighted by Gasteiger charge is -2.10. The van der Waals surface area contributed by atoms with E-state index in [1.807, 2.05) is 31.2 Å². The number of hydrogen-bond acceptors (Lipinski definition) is 4. The van der Waals surface area contributed by atoms with E-state index in [0.717, 1.165) is 29.6 Å². The largest absolute Gasteiger partial charge is 0.497 e. The summed E-state index contributed by atoms with van der Waals surface area (Å²) in [6, 6.07) is 16.1. The number of hydrogen-bond donors (Lipinski definition) is 3. The van der Waals surface area contributed by atoms with Gasteiger partial charge in [0.15, 0.2) is 11.8 Å². The molecule has 146 valence electrons. The Kier molecular flexibility index (Phi) is 6.62. The van der Waals surface area contributed by atoms with Crippen LogP contribution >= 0.6 is 0 Å². The lowest BCUT2D eigenvalue weighted by atomic mass is 10.1. The van der Waals surface area contributed by atoms with Crippen molar-refractivity contribution in [1.82, 2.24) is 25.8 Å². The molecule has 1 aromatic heterocycles. The van der Waals surface area contributed by atoms with E-state index in [4.69, 9.17) is 4.74 Å². The van der Waals surface area contributed by atoms with E-state index >= 15 is 0 Å². The van der Waals surface area contributed by atoms with Crippen molar-refractivity contribution in [2.75, 3.05) is 13.7 Å². The van der Waals surface area contributed by atoms with Crippen LogP contribution in [0.5, 0.6) is 5.75 Å². The molecule has 0 radical (unpaired) electrons. The highest BCUT2D eigenvalue weighted by Crippen LogP contribution is 2.18. The molecular weight excluding hydrogens is 352 g/mol. The van der Waals surface area contributed by atoms with Crippen molar-refractivity contribution in [2.24, 2.45) is 4.99 Å². The second-order valence-corrected chi connectivity index (χ2v) is 6.37. The summed E-state index contributed by atoms with van der Waals surface area (Å²) in [5, 5.41) is 13.8. The van der Waals surface area contributed by atoms with Gasteiger partial charge in [0.05, 0.1) is 20.2 Å². The minimum absolute atomic E-state index is 0.503. The van der Waals surface area contributed by atoms with Crippen LogP contribution in [0.4, 0.5) is 0 Å². The van der Waals surface area contributed by atoms with Crippen molar-refractivity contribution >= 4 is 5.96 Å². The van der Waals surface area contributed by atoms with Crippen LogP contribution in [-0.2, 0) is 13.1 Å². The monoisotopic (exact) mass is 378 g/mol. The zero-order valence-electron chi connectivity index (χ0n) is 16.5. The summed E-state index contributed by atoms with van der Waals surface area (Å²) >= 11 is 0. The molecule has 0 bridgehead atoms. The van der Waals surface area contributed by atoms with Crippen LogP contribution in [0.1, 0.15) is 23.9 Å². The van der Waals surface area contributed by atoms with Crippen molar-refractivity contribution in [2.45, 2.75) is 26.9 Å². The third-order valence-corrected chi connectivity index (χ3v) is 4.19. The zero-order chi connectivity index (χ0) is 19.8. The molecule has 1 heterocycles. The highest BCUT2D eigenvalue weighted by atomic mass is 16.5. The van der Waals surface area contributed by atoms with Gasteiger partial charge in [-0.3, -0.25) is 5.10 Å². The molecule has 7 heteroatoms. The molecule has 0 unspecified atom stereocenters. The Labute approximate surface area is 165 Å². The molecule has 7 nitrogen and oxygen atoms in total. The normalized spacial score (nSPS) is 11.3. The summed E-state index contributed by atoms with van der Waals surface area (Å²) in [5.41, 5.74) is 3.35. The Balaban J connectivity index is 1.61. The fourth-order valence-electron chi connectivity index (χ4n) is 2.62. The van der Waals surface area contributed by atoms with Gasteiger partial charge in [0, 0.05) is 12.1 Å². The molecule has 28 heavy (non-hydrogen) atoms. The van der Waals surface area contributed by atoms with E-state index in [9.17, 15) is 0 Å². The highest BCUT2D eigenvalue weighted by Gasteiger charge is 2.07. The first-order chi connectivity index (χ1) is 13.7. The van der Waals surface area contributed by atoms with Crippen LogP contribution in [0.25, 0.3) is 11.4 Å². The summed E-state index contributed by atoms with van der Waals surface area (Å²) in [6.45, 7) is 6.02. The quantitative estimate of drug-likeness (QED) is 0.434. The van der Waals surface area contributed by atoms with Crippen molar-refractivity contribution in [3.8, 4) is 17.1 Å². The molecule has 3 aromatic rings. The van der Waals surface area contributed by atoms with Gasteiger partial charge < -0.3 is 15.4 Å². The second kappa shape index (κ2) is 9.55. The van der Waals surface area contributed by atoms with E-state index in [0.29, 0.717) is 18.9 Å². The van der Waals surface area contributed by atoms with Gasteiger partial charge in [-0.1, -0.05) is 29.8 Å². The lowest BCUT2D eigenvalue weighted by Crippen LogP contribution is -2.37. The first-order valence-electron chi connectivity index (χ1n) is 9.31. The Bertz CT molecular complexity index is 899. The SMILES string of the molecule is CCNC(=NCc1ccc(C)cc1)NCc1nc(-c2ccc(OC)cc2)n[nH]1. The van der Waals surface area contributed by atoms with E-state index in [2.05, 4.69) is 62.0 Å². The molecule has 2 aromatic carbocycles. The maximum Gasteiger partial charge on any atom is 0.191 e. The number of aryl methyl sites for hydroxylation is 1. The van der Waals surface area contributed by atoms with E-state index in [1.54, 1.807) is 7.11 Å².